The zero-order chi connectivity index (χ0) is 19.2. The van der Waals surface area contributed by atoms with Crippen LogP contribution in [0.5, 0.6) is 0 Å². The molecule has 0 unspecified atom stereocenters. The predicted molar refractivity (Wildman–Crippen MR) is 102 cm³/mol. The molecule has 8 heteroatoms. The van der Waals surface area contributed by atoms with E-state index in [1.807, 2.05) is 30.3 Å². The Labute approximate surface area is 162 Å². The van der Waals surface area contributed by atoms with Crippen LogP contribution in [0.4, 0.5) is 10.5 Å². The van der Waals surface area contributed by atoms with Gasteiger partial charge >= 0.3 is 6.03 Å². The van der Waals surface area contributed by atoms with Crippen LogP contribution in [0.25, 0.3) is 11.5 Å². The van der Waals surface area contributed by atoms with Crippen molar-refractivity contribution in [3.63, 3.8) is 0 Å². The van der Waals surface area contributed by atoms with Gasteiger partial charge in [0.15, 0.2) is 0 Å². The molecule has 2 amide bonds. The number of ether oxygens (including phenoxy) is 1. The fourth-order valence-electron chi connectivity index (χ4n) is 3.20. The predicted octanol–water partition coefficient (Wildman–Crippen LogP) is 3.34. The number of urea groups is 1. The number of aromatic nitrogens is 3. The molecule has 1 aliphatic rings. The lowest BCUT2D eigenvalue weighted by molar-refractivity contribution is 0.0819. The van der Waals surface area contributed by atoms with Crippen LogP contribution in [0.3, 0.4) is 0 Å². The third kappa shape index (κ3) is 4.52. The molecular weight excluding hydrogens is 358 g/mol. The second-order valence-corrected chi connectivity index (χ2v) is 6.63. The smallest absolute Gasteiger partial charge is 0.322 e. The molecule has 0 bridgehead atoms. The highest BCUT2D eigenvalue weighted by Gasteiger charge is 2.23. The first-order valence-corrected chi connectivity index (χ1v) is 9.21. The van der Waals surface area contributed by atoms with Crippen molar-refractivity contribution in [2.75, 3.05) is 18.5 Å². The van der Waals surface area contributed by atoms with Crippen molar-refractivity contribution >= 4 is 11.7 Å². The summed E-state index contributed by atoms with van der Waals surface area (Å²) in [5.74, 6) is 0.405. The zero-order valence-corrected chi connectivity index (χ0v) is 15.3. The first kappa shape index (κ1) is 18.1. The summed E-state index contributed by atoms with van der Waals surface area (Å²) in [6.07, 6.45) is 6.82. The molecule has 0 spiro atoms. The summed E-state index contributed by atoms with van der Waals surface area (Å²) in [5, 5.41) is 10.6. The molecule has 2 aromatic heterocycles. The van der Waals surface area contributed by atoms with Crippen LogP contribution >= 0.6 is 0 Å². The van der Waals surface area contributed by atoms with Crippen molar-refractivity contribution in [2.45, 2.75) is 25.5 Å². The van der Waals surface area contributed by atoms with Crippen LogP contribution in [0.15, 0.2) is 59.6 Å². The van der Waals surface area contributed by atoms with Gasteiger partial charge in [0.2, 0.25) is 12.3 Å². The Morgan fingerprint density at radius 2 is 2.25 bits per heavy atom. The lowest BCUT2D eigenvalue weighted by atomic mass is 10.2. The molecule has 0 aliphatic carbocycles. The third-order valence-corrected chi connectivity index (χ3v) is 4.55. The van der Waals surface area contributed by atoms with Crippen LogP contribution in [0, 0.1) is 0 Å². The minimum Gasteiger partial charge on any atom is -0.423 e. The molecule has 3 heterocycles. The van der Waals surface area contributed by atoms with E-state index in [0.29, 0.717) is 24.7 Å². The monoisotopic (exact) mass is 379 g/mol. The topological polar surface area (TPSA) is 93.4 Å². The maximum Gasteiger partial charge on any atom is 0.322 e. The highest BCUT2D eigenvalue weighted by Crippen LogP contribution is 2.21. The standard InChI is InChI=1S/C20H21N5O3/c26-20(23-17-6-1-5-16(10-17)19-24-22-14-28-19)25(13-18-7-3-9-27-18)12-15-4-2-8-21-11-15/h1-2,4-6,8,10-11,14,18H,3,7,9,12-13H2,(H,23,26)/t18-/m0/s1. The minimum atomic E-state index is -0.193. The van der Waals surface area contributed by atoms with E-state index in [-0.39, 0.29) is 12.1 Å². The normalized spacial score (nSPS) is 16.1. The Bertz CT molecular complexity index is 895. The van der Waals surface area contributed by atoms with E-state index in [0.717, 1.165) is 30.6 Å². The van der Waals surface area contributed by atoms with Crippen molar-refractivity contribution in [3.8, 4) is 11.5 Å². The molecule has 144 valence electrons. The van der Waals surface area contributed by atoms with Gasteiger partial charge in [0.1, 0.15) is 0 Å². The number of hydrogen-bond acceptors (Lipinski definition) is 6. The van der Waals surface area contributed by atoms with E-state index in [1.165, 1.54) is 6.39 Å². The Morgan fingerprint density at radius 1 is 1.29 bits per heavy atom. The summed E-state index contributed by atoms with van der Waals surface area (Å²) in [5.41, 5.74) is 2.37. The van der Waals surface area contributed by atoms with Crippen LogP contribution in [-0.4, -0.2) is 45.4 Å². The molecule has 1 N–H and O–H groups in total. The van der Waals surface area contributed by atoms with E-state index in [1.54, 1.807) is 23.4 Å². The quantitative estimate of drug-likeness (QED) is 0.706. The summed E-state index contributed by atoms with van der Waals surface area (Å²) in [4.78, 5) is 18.9. The van der Waals surface area contributed by atoms with Crippen molar-refractivity contribution in [1.82, 2.24) is 20.1 Å². The molecule has 3 aromatic rings. The largest absolute Gasteiger partial charge is 0.423 e. The second kappa shape index (κ2) is 8.62. The van der Waals surface area contributed by atoms with Crippen LogP contribution in [0.2, 0.25) is 0 Å². The highest BCUT2D eigenvalue weighted by molar-refractivity contribution is 5.90. The molecule has 1 fully saturated rings. The SMILES string of the molecule is O=C(Nc1cccc(-c2nnco2)c1)N(Cc1cccnc1)C[C@@H]1CCCO1. The Hall–Kier alpha value is -3.26. The average molecular weight is 379 g/mol. The summed E-state index contributed by atoms with van der Waals surface area (Å²) >= 11 is 0. The Balaban J connectivity index is 1.49. The number of carbonyl (C=O) groups excluding carboxylic acids is 1. The number of amides is 2. The van der Waals surface area contributed by atoms with E-state index in [4.69, 9.17) is 9.15 Å². The number of anilines is 1. The molecule has 0 saturated carbocycles. The van der Waals surface area contributed by atoms with Gasteiger partial charge in [-0.25, -0.2) is 4.79 Å². The molecule has 28 heavy (non-hydrogen) atoms. The van der Waals surface area contributed by atoms with E-state index in [2.05, 4.69) is 20.5 Å². The highest BCUT2D eigenvalue weighted by atomic mass is 16.5. The number of benzene rings is 1. The van der Waals surface area contributed by atoms with Crippen molar-refractivity contribution in [2.24, 2.45) is 0 Å². The number of nitrogens with zero attached hydrogens (tertiary/aromatic N) is 4. The lowest BCUT2D eigenvalue weighted by Gasteiger charge is -2.26. The first-order chi connectivity index (χ1) is 13.8. The second-order valence-electron chi connectivity index (χ2n) is 6.63. The number of nitrogens with one attached hydrogen (secondary N) is 1. The van der Waals surface area contributed by atoms with Crippen LogP contribution in [0.1, 0.15) is 18.4 Å². The van der Waals surface area contributed by atoms with Gasteiger partial charge in [0.05, 0.1) is 6.10 Å². The van der Waals surface area contributed by atoms with E-state index in [9.17, 15) is 4.79 Å². The number of carbonyl (C=O) groups is 1. The number of rotatable bonds is 6. The summed E-state index contributed by atoms with van der Waals surface area (Å²) in [6, 6.07) is 10.9. The van der Waals surface area contributed by atoms with Crippen molar-refractivity contribution in [1.29, 1.82) is 0 Å². The molecule has 1 atom stereocenters. The average Bonchev–Trinajstić information content (AvgIpc) is 3.43. The van der Waals surface area contributed by atoms with Crippen molar-refractivity contribution in [3.05, 3.63) is 60.7 Å². The van der Waals surface area contributed by atoms with Gasteiger partial charge in [0.25, 0.3) is 0 Å². The number of pyridine rings is 1. The van der Waals surface area contributed by atoms with Crippen LogP contribution < -0.4 is 5.32 Å². The van der Waals surface area contributed by atoms with Gasteiger partial charge in [0, 0.05) is 43.3 Å². The molecular formula is C20H21N5O3. The number of hydrogen-bond donors (Lipinski definition) is 1. The summed E-state index contributed by atoms with van der Waals surface area (Å²) < 4.78 is 11.0. The zero-order valence-electron chi connectivity index (χ0n) is 15.3. The molecule has 4 rings (SSSR count). The van der Waals surface area contributed by atoms with Gasteiger partial charge in [-0.2, -0.15) is 0 Å². The Kier molecular flexibility index (Phi) is 5.58. The molecule has 0 radical (unpaired) electrons. The fraction of sp³-hybridized carbons (Fsp3) is 0.300. The molecule has 1 saturated heterocycles. The maximum atomic E-state index is 13.0. The van der Waals surface area contributed by atoms with Gasteiger partial charge in [-0.3, -0.25) is 4.98 Å². The van der Waals surface area contributed by atoms with Crippen molar-refractivity contribution < 1.29 is 13.9 Å². The maximum absolute atomic E-state index is 13.0. The van der Waals surface area contributed by atoms with Gasteiger partial charge < -0.3 is 19.4 Å². The molecule has 8 nitrogen and oxygen atoms in total. The molecule has 1 aromatic carbocycles. The fourth-order valence-corrected chi connectivity index (χ4v) is 3.20. The third-order valence-electron chi connectivity index (χ3n) is 4.55. The van der Waals surface area contributed by atoms with E-state index >= 15 is 0 Å². The lowest BCUT2D eigenvalue weighted by Crippen LogP contribution is -2.39. The Morgan fingerprint density at radius 3 is 3.00 bits per heavy atom. The molecule has 1 aliphatic heterocycles. The summed E-state index contributed by atoms with van der Waals surface area (Å²) in [7, 11) is 0. The minimum absolute atomic E-state index is 0.0622. The summed E-state index contributed by atoms with van der Waals surface area (Å²) in [6.45, 7) is 1.74. The van der Waals surface area contributed by atoms with Gasteiger partial charge in [-0.05, 0) is 42.7 Å². The first-order valence-electron chi connectivity index (χ1n) is 9.21. The van der Waals surface area contributed by atoms with Gasteiger partial charge in [-0.15, -0.1) is 10.2 Å². The van der Waals surface area contributed by atoms with Gasteiger partial charge in [-0.1, -0.05) is 12.1 Å². The van der Waals surface area contributed by atoms with Crippen LogP contribution in [-0.2, 0) is 11.3 Å². The van der Waals surface area contributed by atoms with E-state index < -0.39 is 0 Å².